The minimum atomic E-state index is -0.373. The molecule has 3 aromatic carbocycles. The smallest absolute Gasteiger partial charge is 0.339 e. The lowest BCUT2D eigenvalue weighted by atomic mass is 9.79. The molecule has 3 unspecified atom stereocenters. The molecule has 7 nitrogen and oxygen atoms in total. The Morgan fingerprint density at radius 2 is 1.65 bits per heavy atom. The molecule has 5 rings (SSSR count). The zero-order valence-corrected chi connectivity index (χ0v) is 29.3. The highest BCUT2D eigenvalue weighted by Gasteiger charge is 2.44. The van der Waals surface area contributed by atoms with Crippen molar-refractivity contribution in [2.45, 2.75) is 37.4 Å². The number of hydrogen-bond acceptors (Lipinski definition) is 7. The lowest BCUT2D eigenvalue weighted by Gasteiger charge is -2.52. The highest BCUT2D eigenvalue weighted by Crippen LogP contribution is 2.38. The van der Waals surface area contributed by atoms with Gasteiger partial charge in [0.1, 0.15) is 0 Å². The molecule has 4 aromatic rings. The topological polar surface area (TPSA) is 72.9 Å². The lowest BCUT2D eigenvalue weighted by Crippen LogP contribution is -2.67. The van der Waals surface area contributed by atoms with Gasteiger partial charge in [-0.05, 0) is 72.9 Å². The fraction of sp³-hybridized carbons (Fsp3) is 0.314. The maximum atomic E-state index is 12.8. The Hall–Kier alpha value is -3.04. The molecule has 1 aromatic heterocycles. The normalized spacial score (nSPS) is 18.1. The highest BCUT2D eigenvalue weighted by atomic mass is 35.5. The SMILES string of the molecule is COc1ccc(CC2(C)NCCN(C(c3ccccc3)c3ccc(Cl)cc3)C2CCOC(=O)c2cccnc2)cc1OC.Cl.Cl.Cl. The minimum Gasteiger partial charge on any atom is -0.493 e. The third kappa shape index (κ3) is 9.28. The second kappa shape index (κ2) is 18.3. The van der Waals surface area contributed by atoms with E-state index in [1.54, 1.807) is 32.5 Å². The summed E-state index contributed by atoms with van der Waals surface area (Å²) < 4.78 is 16.9. The van der Waals surface area contributed by atoms with E-state index in [1.807, 2.05) is 30.3 Å². The summed E-state index contributed by atoms with van der Waals surface area (Å²) in [5.74, 6) is 1.02. The third-order valence-electron chi connectivity index (χ3n) is 8.21. The van der Waals surface area contributed by atoms with Gasteiger partial charge in [0, 0.05) is 42.1 Å². The van der Waals surface area contributed by atoms with Crippen LogP contribution in [0.1, 0.15) is 46.4 Å². The van der Waals surface area contributed by atoms with Crippen LogP contribution >= 0.6 is 48.8 Å². The van der Waals surface area contributed by atoms with Crippen LogP contribution in [0.4, 0.5) is 0 Å². The number of methoxy groups -OCH3 is 2. The fourth-order valence-electron chi connectivity index (χ4n) is 6.18. The number of carbonyl (C=O) groups is 1. The van der Waals surface area contributed by atoms with Gasteiger partial charge in [-0.15, -0.1) is 37.2 Å². The van der Waals surface area contributed by atoms with Crippen molar-refractivity contribution in [2.24, 2.45) is 0 Å². The Labute approximate surface area is 295 Å². The van der Waals surface area contributed by atoms with Gasteiger partial charge in [0.25, 0.3) is 0 Å². The van der Waals surface area contributed by atoms with Crippen molar-refractivity contribution in [3.05, 3.63) is 125 Å². The fourth-order valence-corrected chi connectivity index (χ4v) is 6.31. The molecule has 0 saturated carbocycles. The van der Waals surface area contributed by atoms with Crippen LogP contribution in [0.15, 0.2) is 97.3 Å². The van der Waals surface area contributed by atoms with Crippen LogP contribution in [0.5, 0.6) is 11.5 Å². The monoisotopic (exact) mass is 707 g/mol. The van der Waals surface area contributed by atoms with Crippen molar-refractivity contribution in [2.75, 3.05) is 33.9 Å². The third-order valence-corrected chi connectivity index (χ3v) is 8.46. The summed E-state index contributed by atoms with van der Waals surface area (Å²) in [4.78, 5) is 19.4. The average molecular weight is 710 g/mol. The van der Waals surface area contributed by atoms with Crippen molar-refractivity contribution < 1.29 is 19.0 Å². The predicted molar refractivity (Wildman–Crippen MR) is 191 cm³/mol. The first kappa shape index (κ1) is 39.1. The van der Waals surface area contributed by atoms with E-state index in [4.69, 9.17) is 25.8 Å². The van der Waals surface area contributed by atoms with E-state index in [0.717, 1.165) is 30.6 Å². The number of benzene rings is 3. The van der Waals surface area contributed by atoms with Crippen molar-refractivity contribution in [1.82, 2.24) is 15.2 Å². The molecule has 2 heterocycles. The molecule has 0 aliphatic carbocycles. The number of halogens is 4. The van der Waals surface area contributed by atoms with Gasteiger partial charge in [0.2, 0.25) is 0 Å². The summed E-state index contributed by atoms with van der Waals surface area (Å²) in [5, 5.41) is 4.54. The van der Waals surface area contributed by atoms with Crippen LogP contribution in [0.25, 0.3) is 0 Å². The maximum absolute atomic E-state index is 12.8. The molecule has 0 amide bonds. The van der Waals surface area contributed by atoms with Crippen LogP contribution in [-0.4, -0.2) is 61.3 Å². The summed E-state index contributed by atoms with van der Waals surface area (Å²) in [6.07, 6.45) is 4.53. The first-order valence-electron chi connectivity index (χ1n) is 14.5. The standard InChI is InChI=1S/C35H38ClN3O4.3ClH/c1-35(23-25-11-16-30(41-2)31(22-25)42-3)32(17-21-43-34(40)28-10-7-18-37-24-28)39(20-19-38-35)33(26-8-5-4-6-9-26)27-12-14-29(36)15-13-27;;;/h4-16,18,22,24,32-33,38H,17,19-21,23H2,1-3H3;3*1H. The molecule has 3 atom stereocenters. The predicted octanol–water partition coefficient (Wildman–Crippen LogP) is 7.63. The van der Waals surface area contributed by atoms with E-state index in [1.165, 1.54) is 11.8 Å². The Morgan fingerprint density at radius 1 is 0.957 bits per heavy atom. The first-order chi connectivity index (χ1) is 20.9. The molecule has 1 N–H and O–H groups in total. The van der Waals surface area contributed by atoms with Gasteiger partial charge in [0.15, 0.2) is 11.5 Å². The molecule has 46 heavy (non-hydrogen) atoms. The van der Waals surface area contributed by atoms with Gasteiger partial charge >= 0.3 is 5.97 Å². The summed E-state index contributed by atoms with van der Waals surface area (Å²) in [6, 6.07) is 28.1. The number of hydrogen-bond donors (Lipinski definition) is 1. The van der Waals surface area contributed by atoms with E-state index in [2.05, 4.69) is 64.6 Å². The number of aromatic nitrogens is 1. The molecule has 248 valence electrons. The number of ether oxygens (including phenoxy) is 3. The Morgan fingerprint density at radius 3 is 2.30 bits per heavy atom. The van der Waals surface area contributed by atoms with E-state index >= 15 is 0 Å². The van der Waals surface area contributed by atoms with Crippen molar-refractivity contribution >= 4 is 54.8 Å². The van der Waals surface area contributed by atoms with E-state index in [9.17, 15) is 4.79 Å². The Balaban J connectivity index is 0.00000245. The average Bonchev–Trinajstić information content (AvgIpc) is 3.04. The number of rotatable bonds is 11. The zero-order valence-electron chi connectivity index (χ0n) is 26.1. The van der Waals surface area contributed by atoms with Gasteiger partial charge in [-0.1, -0.05) is 60.1 Å². The second-order valence-electron chi connectivity index (χ2n) is 11.0. The van der Waals surface area contributed by atoms with Crippen molar-refractivity contribution in [3.8, 4) is 11.5 Å². The number of esters is 1. The molecule has 1 fully saturated rings. The maximum Gasteiger partial charge on any atom is 0.339 e. The van der Waals surface area contributed by atoms with Crippen LogP contribution in [0, 0.1) is 0 Å². The number of nitrogens with one attached hydrogen (secondary N) is 1. The van der Waals surface area contributed by atoms with E-state index in [-0.39, 0.29) is 67.4 Å². The van der Waals surface area contributed by atoms with Gasteiger partial charge in [-0.2, -0.15) is 0 Å². The molecular formula is C35H41Cl4N3O4. The molecule has 1 aliphatic heterocycles. The first-order valence-corrected chi connectivity index (χ1v) is 14.9. The summed E-state index contributed by atoms with van der Waals surface area (Å²) in [6.45, 7) is 4.13. The summed E-state index contributed by atoms with van der Waals surface area (Å²) in [5.41, 5.74) is 3.55. The van der Waals surface area contributed by atoms with Crippen molar-refractivity contribution in [1.29, 1.82) is 0 Å². The molecule has 1 saturated heterocycles. The Kier molecular flexibility index (Phi) is 15.6. The molecule has 11 heteroatoms. The minimum absolute atomic E-state index is 0. The number of carbonyl (C=O) groups excluding carboxylic acids is 1. The van der Waals surface area contributed by atoms with Crippen LogP contribution in [0.2, 0.25) is 5.02 Å². The summed E-state index contributed by atoms with van der Waals surface area (Å²) in [7, 11) is 3.29. The van der Waals surface area contributed by atoms with E-state index in [0.29, 0.717) is 28.5 Å². The molecule has 0 spiro atoms. The Bertz CT molecular complexity index is 1500. The largest absolute Gasteiger partial charge is 0.493 e. The quantitative estimate of drug-likeness (QED) is 0.161. The number of piperazine rings is 1. The van der Waals surface area contributed by atoms with Gasteiger partial charge in [0.05, 0.1) is 32.4 Å². The molecule has 0 bridgehead atoms. The van der Waals surface area contributed by atoms with Gasteiger partial charge in [-0.3, -0.25) is 9.88 Å². The second-order valence-corrected chi connectivity index (χ2v) is 11.4. The van der Waals surface area contributed by atoms with Gasteiger partial charge < -0.3 is 19.5 Å². The van der Waals surface area contributed by atoms with Crippen LogP contribution in [-0.2, 0) is 11.2 Å². The molecule has 1 aliphatic rings. The number of pyridine rings is 1. The lowest BCUT2D eigenvalue weighted by molar-refractivity contribution is 0.0135. The molecule has 0 radical (unpaired) electrons. The number of nitrogens with zero attached hydrogens (tertiary/aromatic N) is 2. The van der Waals surface area contributed by atoms with Gasteiger partial charge in [-0.25, -0.2) is 4.79 Å². The molecular weight excluding hydrogens is 668 g/mol. The van der Waals surface area contributed by atoms with E-state index < -0.39 is 0 Å². The zero-order chi connectivity index (χ0) is 30.2. The summed E-state index contributed by atoms with van der Waals surface area (Å²) >= 11 is 6.31. The van der Waals surface area contributed by atoms with Crippen molar-refractivity contribution in [3.63, 3.8) is 0 Å². The van der Waals surface area contributed by atoms with Crippen LogP contribution < -0.4 is 14.8 Å². The van der Waals surface area contributed by atoms with Crippen LogP contribution in [0.3, 0.4) is 0 Å². The highest BCUT2D eigenvalue weighted by molar-refractivity contribution is 6.30.